The molecule has 0 aliphatic heterocycles. The number of halogens is 2. The Labute approximate surface area is 88.7 Å². The third-order valence-corrected chi connectivity index (χ3v) is 2.19. The van der Waals surface area contributed by atoms with Crippen LogP contribution in [0.3, 0.4) is 0 Å². The van der Waals surface area contributed by atoms with E-state index in [0.29, 0.717) is 6.54 Å². The van der Waals surface area contributed by atoms with Crippen molar-refractivity contribution in [3.8, 4) is 0 Å². The number of hydrogen-bond acceptors (Lipinski definition) is 2. The van der Waals surface area contributed by atoms with Crippen LogP contribution in [0, 0.1) is 0 Å². The highest BCUT2D eigenvalue weighted by molar-refractivity contribution is 5.18. The average Bonchev–Trinajstić information content (AvgIpc) is 2.17. The Bertz CT molecular complexity index is 277. The zero-order valence-electron chi connectivity index (χ0n) is 8.74. The van der Waals surface area contributed by atoms with E-state index in [2.05, 4.69) is 0 Å². The van der Waals surface area contributed by atoms with E-state index < -0.39 is 6.43 Å². The van der Waals surface area contributed by atoms with Crippen molar-refractivity contribution in [3.05, 3.63) is 35.9 Å². The molecule has 1 unspecified atom stereocenters. The Morgan fingerprint density at radius 3 is 2.33 bits per heavy atom. The molecule has 0 saturated heterocycles. The predicted octanol–water partition coefficient (Wildman–Crippen LogP) is 1.88. The first-order valence-corrected chi connectivity index (χ1v) is 4.87. The maximum absolute atomic E-state index is 12.1. The minimum absolute atomic E-state index is 0.213. The van der Waals surface area contributed by atoms with Crippen LogP contribution in [-0.2, 0) is 0 Å². The molecule has 15 heavy (non-hydrogen) atoms. The predicted molar refractivity (Wildman–Crippen MR) is 56.9 cm³/mol. The lowest BCUT2D eigenvalue weighted by molar-refractivity contribution is 0.0978. The molecule has 0 amide bonds. The number of alkyl halides is 2. The van der Waals surface area contributed by atoms with Gasteiger partial charge in [-0.2, -0.15) is 0 Å². The minimum Gasteiger partial charge on any atom is -0.323 e. The Kier molecular flexibility index (Phi) is 4.65. The van der Waals surface area contributed by atoms with Gasteiger partial charge in [-0.3, -0.25) is 4.90 Å². The first kappa shape index (κ1) is 12.1. The van der Waals surface area contributed by atoms with E-state index in [1.165, 1.54) is 0 Å². The van der Waals surface area contributed by atoms with Crippen molar-refractivity contribution in [2.24, 2.45) is 5.73 Å². The lowest BCUT2D eigenvalue weighted by Gasteiger charge is -2.20. The Morgan fingerprint density at radius 2 is 1.80 bits per heavy atom. The van der Waals surface area contributed by atoms with Crippen LogP contribution in [0.5, 0.6) is 0 Å². The fourth-order valence-corrected chi connectivity index (χ4v) is 1.45. The molecular weight excluding hydrogens is 198 g/mol. The first-order chi connectivity index (χ1) is 7.09. The molecule has 0 aromatic heterocycles. The van der Waals surface area contributed by atoms with Crippen molar-refractivity contribution in [2.75, 3.05) is 20.1 Å². The molecule has 0 heterocycles. The third-order valence-electron chi connectivity index (χ3n) is 2.19. The number of nitrogens with two attached hydrogens (primary N) is 1. The van der Waals surface area contributed by atoms with E-state index in [4.69, 9.17) is 5.73 Å². The summed E-state index contributed by atoms with van der Waals surface area (Å²) in [6.45, 7) is 0.203. The maximum Gasteiger partial charge on any atom is 0.251 e. The van der Waals surface area contributed by atoms with Gasteiger partial charge in [0, 0.05) is 12.6 Å². The maximum atomic E-state index is 12.1. The second kappa shape index (κ2) is 5.78. The summed E-state index contributed by atoms with van der Waals surface area (Å²) in [5.41, 5.74) is 6.86. The van der Waals surface area contributed by atoms with Gasteiger partial charge in [0.25, 0.3) is 6.43 Å². The summed E-state index contributed by atoms with van der Waals surface area (Å²) in [5.74, 6) is 0. The van der Waals surface area contributed by atoms with Crippen LogP contribution < -0.4 is 5.73 Å². The molecule has 0 saturated carbocycles. The second-order valence-electron chi connectivity index (χ2n) is 3.63. The zero-order valence-corrected chi connectivity index (χ0v) is 8.74. The summed E-state index contributed by atoms with van der Waals surface area (Å²) < 4.78 is 24.1. The summed E-state index contributed by atoms with van der Waals surface area (Å²) in [6.07, 6.45) is -2.31. The average molecular weight is 214 g/mol. The second-order valence-corrected chi connectivity index (χ2v) is 3.63. The quantitative estimate of drug-likeness (QED) is 0.811. The topological polar surface area (TPSA) is 29.3 Å². The van der Waals surface area contributed by atoms with Crippen molar-refractivity contribution in [1.82, 2.24) is 4.90 Å². The highest BCUT2D eigenvalue weighted by Gasteiger charge is 2.12. The Balaban J connectivity index is 2.45. The number of benzene rings is 1. The standard InChI is InChI=1S/C11H16F2N2/c1-15(8-11(12)13)7-10(14)9-5-3-2-4-6-9/h2-6,10-11H,7-8,14H2,1H3. The molecule has 0 radical (unpaired) electrons. The highest BCUT2D eigenvalue weighted by atomic mass is 19.3. The van der Waals surface area contributed by atoms with Crippen LogP contribution in [0.1, 0.15) is 11.6 Å². The van der Waals surface area contributed by atoms with Gasteiger partial charge in [-0.15, -0.1) is 0 Å². The summed E-state index contributed by atoms with van der Waals surface area (Å²) in [7, 11) is 1.65. The van der Waals surface area contributed by atoms with E-state index in [1.807, 2.05) is 30.3 Å². The van der Waals surface area contributed by atoms with E-state index in [9.17, 15) is 8.78 Å². The molecular formula is C11H16F2N2. The smallest absolute Gasteiger partial charge is 0.251 e. The van der Waals surface area contributed by atoms with Crippen LogP contribution in [0.2, 0.25) is 0 Å². The third kappa shape index (κ3) is 4.36. The highest BCUT2D eigenvalue weighted by Crippen LogP contribution is 2.10. The Morgan fingerprint density at radius 1 is 1.20 bits per heavy atom. The van der Waals surface area contributed by atoms with Crippen LogP contribution in [-0.4, -0.2) is 31.5 Å². The molecule has 1 atom stereocenters. The van der Waals surface area contributed by atoms with Crippen LogP contribution in [0.15, 0.2) is 30.3 Å². The van der Waals surface area contributed by atoms with Gasteiger partial charge < -0.3 is 5.73 Å². The van der Waals surface area contributed by atoms with E-state index in [1.54, 1.807) is 11.9 Å². The SMILES string of the molecule is CN(CC(F)F)CC(N)c1ccccc1. The van der Waals surface area contributed by atoms with Gasteiger partial charge in [0.1, 0.15) is 0 Å². The van der Waals surface area contributed by atoms with Crippen molar-refractivity contribution in [1.29, 1.82) is 0 Å². The normalized spacial score (nSPS) is 13.5. The molecule has 1 rings (SSSR count). The van der Waals surface area contributed by atoms with Gasteiger partial charge in [-0.05, 0) is 12.6 Å². The molecule has 0 aliphatic rings. The van der Waals surface area contributed by atoms with E-state index in [0.717, 1.165) is 5.56 Å². The van der Waals surface area contributed by atoms with Gasteiger partial charge in [0.15, 0.2) is 0 Å². The minimum atomic E-state index is -2.31. The molecule has 2 nitrogen and oxygen atoms in total. The molecule has 84 valence electrons. The molecule has 0 spiro atoms. The molecule has 0 fully saturated rings. The summed E-state index contributed by atoms with van der Waals surface area (Å²) >= 11 is 0. The number of nitrogens with zero attached hydrogens (tertiary/aromatic N) is 1. The van der Waals surface area contributed by atoms with Gasteiger partial charge in [-0.1, -0.05) is 30.3 Å². The first-order valence-electron chi connectivity index (χ1n) is 4.87. The fraction of sp³-hybridized carbons (Fsp3) is 0.455. The van der Waals surface area contributed by atoms with Gasteiger partial charge in [0.2, 0.25) is 0 Å². The van der Waals surface area contributed by atoms with E-state index in [-0.39, 0.29) is 12.6 Å². The molecule has 0 aliphatic carbocycles. The van der Waals surface area contributed by atoms with Crippen molar-refractivity contribution >= 4 is 0 Å². The summed E-state index contributed by atoms with van der Waals surface area (Å²) in [6, 6.07) is 9.28. The van der Waals surface area contributed by atoms with E-state index >= 15 is 0 Å². The molecule has 2 N–H and O–H groups in total. The Hall–Kier alpha value is -1.00. The fourth-order valence-electron chi connectivity index (χ4n) is 1.45. The van der Waals surface area contributed by atoms with Crippen LogP contribution >= 0.6 is 0 Å². The molecule has 1 aromatic rings. The van der Waals surface area contributed by atoms with Gasteiger partial charge >= 0.3 is 0 Å². The lowest BCUT2D eigenvalue weighted by atomic mass is 10.1. The summed E-state index contributed by atoms with van der Waals surface area (Å²) in [5, 5.41) is 0. The number of rotatable bonds is 5. The summed E-state index contributed by atoms with van der Waals surface area (Å²) in [4.78, 5) is 1.54. The molecule has 0 bridgehead atoms. The number of likely N-dealkylation sites (N-methyl/N-ethyl adjacent to an activating group) is 1. The largest absolute Gasteiger partial charge is 0.323 e. The zero-order chi connectivity index (χ0) is 11.3. The van der Waals surface area contributed by atoms with Crippen molar-refractivity contribution < 1.29 is 8.78 Å². The van der Waals surface area contributed by atoms with Crippen LogP contribution in [0.25, 0.3) is 0 Å². The van der Waals surface area contributed by atoms with Gasteiger partial charge in [-0.25, -0.2) is 8.78 Å². The van der Waals surface area contributed by atoms with Crippen molar-refractivity contribution in [2.45, 2.75) is 12.5 Å². The molecule has 1 aromatic carbocycles. The van der Waals surface area contributed by atoms with Crippen LogP contribution in [0.4, 0.5) is 8.78 Å². The van der Waals surface area contributed by atoms with Gasteiger partial charge in [0.05, 0.1) is 6.54 Å². The lowest BCUT2D eigenvalue weighted by Crippen LogP contribution is -2.32. The number of hydrogen-bond donors (Lipinski definition) is 1. The molecule has 4 heteroatoms. The van der Waals surface area contributed by atoms with Crippen molar-refractivity contribution in [3.63, 3.8) is 0 Å². The monoisotopic (exact) mass is 214 g/mol.